The first-order valence-corrected chi connectivity index (χ1v) is 13.0. The van der Waals surface area contributed by atoms with Crippen LogP contribution in [0, 0.1) is 20.8 Å². The maximum absolute atomic E-state index is 12.9. The smallest absolute Gasteiger partial charge is 0.240 e. The fourth-order valence-electron chi connectivity index (χ4n) is 4.46. The van der Waals surface area contributed by atoms with Crippen molar-refractivity contribution >= 4 is 15.7 Å². The van der Waals surface area contributed by atoms with Gasteiger partial charge in [0, 0.05) is 44.5 Å². The molecule has 5 nitrogen and oxygen atoms in total. The molecule has 1 aliphatic rings. The summed E-state index contributed by atoms with van der Waals surface area (Å²) in [6.07, 6.45) is 0. The van der Waals surface area contributed by atoms with Crippen LogP contribution in [-0.4, -0.2) is 46.0 Å². The van der Waals surface area contributed by atoms with Crippen molar-refractivity contribution in [2.24, 2.45) is 0 Å². The summed E-state index contributed by atoms with van der Waals surface area (Å²) in [5.41, 5.74) is 6.03. The number of rotatable bonds is 7. The Morgan fingerprint density at radius 2 is 1.45 bits per heavy atom. The third kappa shape index (κ3) is 5.64. The zero-order valence-corrected chi connectivity index (χ0v) is 20.5. The number of nitrogens with zero attached hydrogens (tertiary/aromatic N) is 2. The van der Waals surface area contributed by atoms with Crippen molar-refractivity contribution in [1.29, 1.82) is 0 Å². The summed E-state index contributed by atoms with van der Waals surface area (Å²) in [4.78, 5) is 5.14. The van der Waals surface area contributed by atoms with Crippen molar-refractivity contribution in [2.45, 2.75) is 31.7 Å². The van der Waals surface area contributed by atoms with E-state index < -0.39 is 10.0 Å². The molecule has 0 aromatic heterocycles. The molecule has 1 N–H and O–H groups in total. The van der Waals surface area contributed by atoms with E-state index in [1.165, 1.54) is 16.8 Å². The first-order valence-electron chi connectivity index (χ1n) is 11.5. The summed E-state index contributed by atoms with van der Waals surface area (Å²) >= 11 is 0. The summed E-state index contributed by atoms with van der Waals surface area (Å²) in [6, 6.07) is 23.8. The van der Waals surface area contributed by atoms with E-state index in [0.29, 0.717) is 11.4 Å². The lowest BCUT2D eigenvalue weighted by Gasteiger charge is -2.41. The Morgan fingerprint density at radius 1 is 0.818 bits per heavy atom. The third-order valence-corrected chi connectivity index (χ3v) is 7.88. The quantitative estimate of drug-likeness (QED) is 0.562. The minimum absolute atomic E-state index is 0.0211. The van der Waals surface area contributed by atoms with Crippen molar-refractivity contribution in [1.82, 2.24) is 9.62 Å². The molecule has 1 heterocycles. The van der Waals surface area contributed by atoms with Crippen LogP contribution in [-0.2, 0) is 10.0 Å². The molecule has 6 heteroatoms. The van der Waals surface area contributed by atoms with Crippen LogP contribution in [0.4, 0.5) is 5.69 Å². The Morgan fingerprint density at radius 3 is 2.12 bits per heavy atom. The number of nitrogens with one attached hydrogen (secondary N) is 1. The van der Waals surface area contributed by atoms with Gasteiger partial charge in [-0.1, -0.05) is 60.2 Å². The van der Waals surface area contributed by atoms with Gasteiger partial charge in [-0.3, -0.25) is 4.90 Å². The lowest BCUT2D eigenvalue weighted by Crippen LogP contribution is -2.50. The van der Waals surface area contributed by atoms with Gasteiger partial charge in [-0.25, -0.2) is 13.1 Å². The second kappa shape index (κ2) is 10.1. The van der Waals surface area contributed by atoms with E-state index in [2.05, 4.69) is 58.7 Å². The molecule has 1 aliphatic heterocycles. The molecule has 3 aromatic rings. The number of piperazine rings is 1. The van der Waals surface area contributed by atoms with E-state index in [4.69, 9.17) is 0 Å². The van der Waals surface area contributed by atoms with Gasteiger partial charge in [0.2, 0.25) is 10.0 Å². The first-order chi connectivity index (χ1) is 15.8. The predicted octanol–water partition coefficient (Wildman–Crippen LogP) is 4.45. The second-order valence-corrected chi connectivity index (χ2v) is 10.7. The van der Waals surface area contributed by atoms with Crippen molar-refractivity contribution in [3.63, 3.8) is 0 Å². The molecule has 1 atom stereocenters. The van der Waals surface area contributed by atoms with Crippen LogP contribution in [0.15, 0.2) is 77.7 Å². The van der Waals surface area contributed by atoms with Gasteiger partial charge in [-0.2, -0.15) is 0 Å². The highest BCUT2D eigenvalue weighted by molar-refractivity contribution is 7.89. The normalized spacial score (nSPS) is 16.0. The molecular formula is C27H33N3O2S. The highest BCUT2D eigenvalue weighted by atomic mass is 32.2. The summed E-state index contributed by atoms with van der Waals surface area (Å²) in [7, 11) is -3.57. The summed E-state index contributed by atoms with van der Waals surface area (Å²) in [5, 5.41) is 0. The van der Waals surface area contributed by atoms with Crippen LogP contribution >= 0.6 is 0 Å². The van der Waals surface area contributed by atoms with Gasteiger partial charge < -0.3 is 4.90 Å². The van der Waals surface area contributed by atoms with Gasteiger partial charge in [-0.15, -0.1) is 0 Å². The van der Waals surface area contributed by atoms with Crippen LogP contribution in [0.5, 0.6) is 0 Å². The van der Waals surface area contributed by atoms with E-state index in [1.807, 2.05) is 37.3 Å². The molecule has 0 spiro atoms. The van der Waals surface area contributed by atoms with E-state index >= 15 is 0 Å². The number of hydrogen-bond acceptors (Lipinski definition) is 4. The van der Waals surface area contributed by atoms with Gasteiger partial charge in [-0.05, 0) is 55.7 Å². The average Bonchev–Trinajstić information content (AvgIpc) is 2.82. The molecule has 1 fully saturated rings. The van der Waals surface area contributed by atoms with Crippen LogP contribution in [0.3, 0.4) is 0 Å². The fourth-order valence-corrected chi connectivity index (χ4v) is 5.50. The van der Waals surface area contributed by atoms with Crippen LogP contribution in [0.1, 0.15) is 28.3 Å². The minimum Gasteiger partial charge on any atom is -0.369 e. The number of benzene rings is 3. The Kier molecular flexibility index (Phi) is 7.17. The number of sulfonamides is 1. The van der Waals surface area contributed by atoms with Gasteiger partial charge in [0.25, 0.3) is 0 Å². The van der Waals surface area contributed by atoms with E-state index in [0.717, 1.165) is 37.3 Å². The monoisotopic (exact) mass is 463 g/mol. The van der Waals surface area contributed by atoms with Crippen LogP contribution in [0.2, 0.25) is 0 Å². The standard InChI is InChI=1S/C27H33N3O2S/c1-21-10-13-25(14-11-21)33(31,32)28-20-27(24-7-5-4-6-8-24)30-17-15-29(16-18-30)26-19-22(2)9-12-23(26)3/h4-14,19,27-28H,15-18,20H2,1-3H3/t27-/m0/s1. The molecule has 3 aromatic carbocycles. The second-order valence-electron chi connectivity index (χ2n) is 8.90. The maximum Gasteiger partial charge on any atom is 0.240 e. The predicted molar refractivity (Wildman–Crippen MR) is 135 cm³/mol. The molecular weight excluding hydrogens is 430 g/mol. The Labute approximate surface area is 198 Å². The molecule has 0 aliphatic carbocycles. The zero-order valence-electron chi connectivity index (χ0n) is 19.7. The molecule has 33 heavy (non-hydrogen) atoms. The Bertz CT molecular complexity index is 1170. The topological polar surface area (TPSA) is 52.7 Å². The van der Waals surface area contributed by atoms with Crippen molar-refractivity contribution in [3.05, 3.63) is 95.1 Å². The molecule has 0 unspecified atom stereocenters. The molecule has 0 saturated carbocycles. The summed E-state index contributed by atoms with van der Waals surface area (Å²) < 4.78 is 28.7. The fraction of sp³-hybridized carbons (Fsp3) is 0.333. The number of anilines is 1. The van der Waals surface area contributed by atoms with E-state index in [9.17, 15) is 8.42 Å². The Balaban J connectivity index is 1.49. The maximum atomic E-state index is 12.9. The molecule has 174 valence electrons. The van der Waals surface area contributed by atoms with Gasteiger partial charge in [0.15, 0.2) is 0 Å². The minimum atomic E-state index is -3.57. The number of aryl methyl sites for hydroxylation is 3. The SMILES string of the molecule is Cc1ccc(S(=O)(=O)NC[C@@H](c2ccccc2)N2CCN(c3cc(C)ccc3C)CC2)cc1. The lowest BCUT2D eigenvalue weighted by molar-refractivity contribution is 0.187. The van der Waals surface area contributed by atoms with Crippen LogP contribution in [0.25, 0.3) is 0 Å². The number of hydrogen-bond donors (Lipinski definition) is 1. The molecule has 0 bridgehead atoms. The summed E-state index contributed by atoms with van der Waals surface area (Å²) in [5.74, 6) is 0. The summed E-state index contributed by atoms with van der Waals surface area (Å²) in [6.45, 7) is 10.2. The molecule has 0 amide bonds. The zero-order chi connectivity index (χ0) is 23.4. The van der Waals surface area contributed by atoms with Gasteiger partial charge in [0.1, 0.15) is 0 Å². The molecule has 4 rings (SSSR count). The van der Waals surface area contributed by atoms with Gasteiger partial charge >= 0.3 is 0 Å². The highest BCUT2D eigenvalue weighted by Gasteiger charge is 2.27. The van der Waals surface area contributed by atoms with Crippen molar-refractivity contribution in [3.8, 4) is 0 Å². The Hall–Kier alpha value is -2.67. The largest absolute Gasteiger partial charge is 0.369 e. The molecule has 1 saturated heterocycles. The average molecular weight is 464 g/mol. The van der Waals surface area contributed by atoms with E-state index in [-0.39, 0.29) is 6.04 Å². The first kappa shape index (κ1) is 23.5. The van der Waals surface area contributed by atoms with Crippen molar-refractivity contribution < 1.29 is 8.42 Å². The third-order valence-electron chi connectivity index (χ3n) is 6.44. The van der Waals surface area contributed by atoms with Gasteiger partial charge in [0.05, 0.1) is 4.90 Å². The highest BCUT2D eigenvalue weighted by Crippen LogP contribution is 2.27. The lowest BCUT2D eigenvalue weighted by atomic mass is 10.0. The van der Waals surface area contributed by atoms with E-state index in [1.54, 1.807) is 12.1 Å². The molecule has 0 radical (unpaired) electrons. The van der Waals surface area contributed by atoms with Crippen molar-refractivity contribution in [2.75, 3.05) is 37.6 Å². The van der Waals surface area contributed by atoms with Crippen LogP contribution < -0.4 is 9.62 Å².